The van der Waals surface area contributed by atoms with Gasteiger partial charge >= 0.3 is 0 Å². The highest BCUT2D eigenvalue weighted by atomic mass is 79.9. The molecule has 5 nitrogen and oxygen atoms in total. The van der Waals surface area contributed by atoms with E-state index in [-0.39, 0.29) is 23.6 Å². The number of halogens is 2. The molecule has 0 bridgehead atoms. The first-order valence-corrected chi connectivity index (χ1v) is 11.1. The van der Waals surface area contributed by atoms with Gasteiger partial charge in [0.1, 0.15) is 12.4 Å². The normalized spacial score (nSPS) is 14.8. The molecular formula is C24H17BrFNO4S. The van der Waals surface area contributed by atoms with Gasteiger partial charge in [0.25, 0.3) is 11.1 Å². The van der Waals surface area contributed by atoms with Crippen LogP contribution in [0, 0.1) is 5.82 Å². The Morgan fingerprint density at radius 1 is 1.03 bits per heavy atom. The molecule has 0 radical (unpaired) electrons. The predicted molar refractivity (Wildman–Crippen MR) is 126 cm³/mol. The molecule has 1 aliphatic heterocycles. The monoisotopic (exact) mass is 513 g/mol. The van der Waals surface area contributed by atoms with Crippen LogP contribution in [0.4, 0.5) is 14.9 Å². The first kappa shape index (κ1) is 22.1. The maximum absolute atomic E-state index is 13.1. The number of para-hydroxylation sites is 1. The maximum atomic E-state index is 13.1. The second kappa shape index (κ2) is 9.58. The van der Waals surface area contributed by atoms with Crippen LogP contribution in [0.5, 0.6) is 11.5 Å². The van der Waals surface area contributed by atoms with E-state index >= 15 is 0 Å². The van der Waals surface area contributed by atoms with Crippen molar-refractivity contribution in [1.29, 1.82) is 0 Å². The van der Waals surface area contributed by atoms with Crippen LogP contribution in [0.3, 0.4) is 0 Å². The SMILES string of the molecule is COc1cc(/C=C2\SC(=O)N(c3ccccc3)C2=O)c(Br)cc1OCc1ccc(F)cc1. The number of anilines is 1. The second-order valence-corrected chi connectivity index (χ2v) is 8.64. The van der Waals surface area contributed by atoms with Crippen LogP contribution in [0.15, 0.2) is 76.1 Å². The van der Waals surface area contributed by atoms with Gasteiger partial charge < -0.3 is 9.47 Å². The lowest BCUT2D eigenvalue weighted by molar-refractivity contribution is -0.113. The van der Waals surface area contributed by atoms with Gasteiger partial charge in [-0.15, -0.1) is 0 Å². The van der Waals surface area contributed by atoms with Crippen molar-refractivity contribution in [3.05, 3.63) is 93.1 Å². The number of methoxy groups -OCH3 is 1. The zero-order valence-electron chi connectivity index (χ0n) is 16.9. The van der Waals surface area contributed by atoms with Crippen LogP contribution >= 0.6 is 27.7 Å². The van der Waals surface area contributed by atoms with E-state index in [4.69, 9.17) is 9.47 Å². The number of thioether (sulfide) groups is 1. The highest BCUT2D eigenvalue weighted by molar-refractivity contribution is 9.10. The number of carbonyl (C=O) groups is 2. The van der Waals surface area contributed by atoms with Gasteiger partial charge in [-0.2, -0.15) is 0 Å². The van der Waals surface area contributed by atoms with Gasteiger partial charge in [-0.3, -0.25) is 9.59 Å². The number of rotatable bonds is 6. The van der Waals surface area contributed by atoms with Crippen LogP contribution in [0.2, 0.25) is 0 Å². The smallest absolute Gasteiger partial charge is 0.298 e. The zero-order valence-corrected chi connectivity index (χ0v) is 19.3. The van der Waals surface area contributed by atoms with Crippen molar-refractivity contribution in [2.24, 2.45) is 0 Å². The molecule has 1 saturated heterocycles. The summed E-state index contributed by atoms with van der Waals surface area (Å²) >= 11 is 4.38. The largest absolute Gasteiger partial charge is 0.493 e. The molecule has 0 aliphatic carbocycles. The van der Waals surface area contributed by atoms with E-state index < -0.39 is 0 Å². The molecule has 0 saturated carbocycles. The van der Waals surface area contributed by atoms with Crippen molar-refractivity contribution in [2.45, 2.75) is 6.61 Å². The Labute approximate surface area is 197 Å². The molecule has 0 spiro atoms. The molecular weight excluding hydrogens is 497 g/mol. The summed E-state index contributed by atoms with van der Waals surface area (Å²) in [5.41, 5.74) is 2.00. The van der Waals surface area contributed by atoms with Crippen molar-refractivity contribution in [1.82, 2.24) is 0 Å². The lowest BCUT2D eigenvalue weighted by Crippen LogP contribution is -2.27. The van der Waals surface area contributed by atoms with E-state index in [0.717, 1.165) is 22.2 Å². The van der Waals surface area contributed by atoms with Gasteiger partial charge in [-0.1, -0.05) is 46.3 Å². The van der Waals surface area contributed by atoms with Crippen LogP contribution in [0.1, 0.15) is 11.1 Å². The topological polar surface area (TPSA) is 55.8 Å². The molecule has 1 aliphatic rings. The summed E-state index contributed by atoms with van der Waals surface area (Å²) in [6.07, 6.45) is 1.64. The van der Waals surface area contributed by atoms with Gasteiger partial charge in [0.15, 0.2) is 11.5 Å². The lowest BCUT2D eigenvalue weighted by atomic mass is 10.1. The zero-order chi connectivity index (χ0) is 22.7. The molecule has 0 atom stereocenters. The maximum Gasteiger partial charge on any atom is 0.298 e. The molecule has 32 heavy (non-hydrogen) atoms. The van der Waals surface area contributed by atoms with E-state index in [1.54, 1.807) is 54.6 Å². The highest BCUT2D eigenvalue weighted by Gasteiger charge is 2.36. The van der Waals surface area contributed by atoms with Crippen LogP contribution in [-0.4, -0.2) is 18.3 Å². The van der Waals surface area contributed by atoms with Crippen molar-refractivity contribution in [2.75, 3.05) is 12.0 Å². The van der Waals surface area contributed by atoms with E-state index in [1.165, 1.54) is 19.2 Å². The summed E-state index contributed by atoms with van der Waals surface area (Å²) in [5, 5.41) is -0.352. The second-order valence-electron chi connectivity index (χ2n) is 6.79. The average Bonchev–Trinajstić information content (AvgIpc) is 3.08. The third-order valence-electron chi connectivity index (χ3n) is 4.69. The minimum absolute atomic E-state index is 0.235. The summed E-state index contributed by atoms with van der Waals surface area (Å²) in [4.78, 5) is 26.8. The molecule has 162 valence electrons. The first-order chi connectivity index (χ1) is 15.5. The van der Waals surface area contributed by atoms with Crippen LogP contribution in [-0.2, 0) is 11.4 Å². The standard InChI is InChI=1S/C24H17BrFNO4S/c1-30-20-11-16(19(25)13-21(20)31-14-15-7-9-17(26)10-8-15)12-22-23(28)27(24(29)32-22)18-5-3-2-4-6-18/h2-13H,14H2,1H3/b22-12-. The molecule has 1 heterocycles. The van der Waals surface area contributed by atoms with Crippen molar-refractivity contribution in [3.8, 4) is 11.5 Å². The Bertz CT molecular complexity index is 1200. The van der Waals surface area contributed by atoms with Gasteiger partial charge in [0, 0.05) is 4.47 Å². The number of benzene rings is 3. The fraction of sp³-hybridized carbons (Fsp3) is 0.0833. The molecule has 0 aromatic heterocycles. The van der Waals surface area contributed by atoms with Gasteiger partial charge in [-0.05, 0) is 65.4 Å². The fourth-order valence-corrected chi connectivity index (χ4v) is 4.35. The summed E-state index contributed by atoms with van der Waals surface area (Å²) in [6, 6.07) is 18.3. The number of hydrogen-bond acceptors (Lipinski definition) is 5. The van der Waals surface area contributed by atoms with Crippen molar-refractivity contribution < 1.29 is 23.5 Å². The van der Waals surface area contributed by atoms with Crippen molar-refractivity contribution in [3.63, 3.8) is 0 Å². The Kier molecular flexibility index (Phi) is 6.62. The predicted octanol–water partition coefficient (Wildman–Crippen LogP) is 6.42. The van der Waals surface area contributed by atoms with E-state index in [0.29, 0.717) is 32.1 Å². The Morgan fingerprint density at radius 3 is 2.44 bits per heavy atom. The van der Waals surface area contributed by atoms with Crippen LogP contribution in [0.25, 0.3) is 6.08 Å². The molecule has 8 heteroatoms. The molecule has 3 aromatic rings. The first-order valence-electron chi connectivity index (χ1n) is 9.54. The van der Waals surface area contributed by atoms with Gasteiger partial charge in [0.2, 0.25) is 0 Å². The number of amides is 2. The molecule has 4 rings (SSSR count). The minimum Gasteiger partial charge on any atom is -0.493 e. The molecule has 0 unspecified atom stereocenters. The number of hydrogen-bond donors (Lipinski definition) is 0. The number of nitrogens with zero attached hydrogens (tertiary/aromatic N) is 1. The Hall–Kier alpha value is -3.10. The quantitative estimate of drug-likeness (QED) is 0.356. The molecule has 3 aromatic carbocycles. The summed E-state index contributed by atoms with van der Waals surface area (Å²) in [6.45, 7) is 0.235. The lowest BCUT2D eigenvalue weighted by Gasteiger charge is -2.13. The number of imide groups is 1. The van der Waals surface area contributed by atoms with Gasteiger partial charge in [-0.25, -0.2) is 9.29 Å². The van der Waals surface area contributed by atoms with Crippen LogP contribution < -0.4 is 14.4 Å². The fourth-order valence-electron chi connectivity index (χ4n) is 3.08. The highest BCUT2D eigenvalue weighted by Crippen LogP contribution is 2.39. The Balaban J connectivity index is 1.57. The molecule has 1 fully saturated rings. The third-order valence-corrected chi connectivity index (χ3v) is 6.24. The summed E-state index contributed by atoms with van der Waals surface area (Å²) < 4.78 is 25.0. The molecule has 0 N–H and O–H groups in total. The third kappa shape index (κ3) is 4.71. The van der Waals surface area contributed by atoms with E-state index in [2.05, 4.69) is 15.9 Å². The van der Waals surface area contributed by atoms with E-state index in [9.17, 15) is 14.0 Å². The minimum atomic E-state index is -0.381. The number of carbonyl (C=O) groups excluding carboxylic acids is 2. The van der Waals surface area contributed by atoms with Crippen molar-refractivity contribution >= 4 is 50.6 Å². The summed E-state index contributed by atoms with van der Waals surface area (Å²) in [5.74, 6) is 0.255. The molecule has 2 amide bonds. The van der Waals surface area contributed by atoms with Gasteiger partial charge in [0.05, 0.1) is 17.7 Å². The van der Waals surface area contributed by atoms with E-state index in [1.807, 2.05) is 6.07 Å². The number of ether oxygens (including phenoxy) is 2. The average molecular weight is 514 g/mol. The summed E-state index contributed by atoms with van der Waals surface area (Å²) in [7, 11) is 1.51. The Morgan fingerprint density at radius 2 is 1.75 bits per heavy atom.